The van der Waals surface area contributed by atoms with Gasteiger partial charge >= 0.3 is 13.8 Å². The molecule has 0 aliphatic carbocycles. The lowest BCUT2D eigenvalue weighted by atomic mass is 10.2. The first-order valence-corrected chi connectivity index (χ1v) is 7.97. The van der Waals surface area contributed by atoms with Gasteiger partial charge in [0.1, 0.15) is 6.54 Å². The van der Waals surface area contributed by atoms with Crippen molar-refractivity contribution in [2.24, 2.45) is 0 Å². The minimum atomic E-state index is -4.25. The topological polar surface area (TPSA) is 84.9 Å². The van der Waals surface area contributed by atoms with Gasteiger partial charge in [-0.3, -0.25) is 4.57 Å². The van der Waals surface area contributed by atoms with E-state index in [1.807, 2.05) is 0 Å². The van der Waals surface area contributed by atoms with Crippen molar-refractivity contribution in [1.29, 1.82) is 0 Å². The maximum absolute atomic E-state index is 11.4. The van der Waals surface area contributed by atoms with Crippen LogP contribution in [0.4, 0.5) is 0 Å². The van der Waals surface area contributed by atoms with Gasteiger partial charge in [-0.15, -0.1) is 4.62 Å². The summed E-state index contributed by atoms with van der Waals surface area (Å²) in [6.07, 6.45) is 3.37. The summed E-state index contributed by atoms with van der Waals surface area (Å²) in [6.45, 7) is 5.77. The Morgan fingerprint density at radius 1 is 1.35 bits per heavy atom. The van der Waals surface area contributed by atoms with Crippen LogP contribution >= 0.6 is 7.82 Å². The summed E-state index contributed by atoms with van der Waals surface area (Å²) < 4.78 is 25.6. The van der Waals surface area contributed by atoms with E-state index >= 15 is 0 Å². The zero-order valence-corrected chi connectivity index (χ0v) is 13.3. The van der Waals surface area contributed by atoms with E-state index in [0.717, 1.165) is 18.9 Å². The first kappa shape index (κ1) is 19.3. The largest absolute Gasteiger partial charge is 0.752 e. The monoisotopic (exact) mass is 309 g/mol. The number of phosphoric ester groups is 1. The summed E-state index contributed by atoms with van der Waals surface area (Å²) in [6, 6.07) is 0. The number of hydroxylamine groups is 3. The average Bonchev–Trinajstić information content (AvgIpc) is 2.31. The summed E-state index contributed by atoms with van der Waals surface area (Å²) in [5.41, 5.74) is 0. The predicted octanol–water partition coefficient (Wildman–Crippen LogP) is 1.40. The third kappa shape index (κ3) is 10.1. The molecular formula is C12H24NO6P. The quantitative estimate of drug-likeness (QED) is 0.143. The number of hydrogen-bond donors (Lipinski definition) is 0. The molecule has 1 atom stereocenters. The van der Waals surface area contributed by atoms with Gasteiger partial charge in [0.05, 0.1) is 27.3 Å². The number of carbonyl (C=O) groups is 1. The van der Waals surface area contributed by atoms with Gasteiger partial charge in [0.2, 0.25) is 0 Å². The minimum Gasteiger partial charge on any atom is -0.752 e. The highest BCUT2D eigenvalue weighted by Crippen LogP contribution is 2.40. The third-order valence-electron chi connectivity index (χ3n) is 2.36. The van der Waals surface area contributed by atoms with Gasteiger partial charge in [0, 0.05) is 6.08 Å². The van der Waals surface area contributed by atoms with Crippen molar-refractivity contribution in [3.05, 3.63) is 12.7 Å². The Hall–Kier alpha value is -0.720. The predicted molar refractivity (Wildman–Crippen MR) is 72.3 cm³/mol. The number of quaternary nitrogens is 1. The van der Waals surface area contributed by atoms with E-state index in [0.29, 0.717) is 19.6 Å². The highest BCUT2D eigenvalue weighted by atomic mass is 31.2. The molecule has 0 bridgehead atoms. The van der Waals surface area contributed by atoms with Crippen LogP contribution in [0.5, 0.6) is 0 Å². The standard InChI is InChI=1S/C12H24NO6P/c1-5-12(14)17-11-9-7-8-10-13(3,4)19-20(15,16)18-6-2/h5H,1,6-11H2,2-4H3. The second kappa shape index (κ2) is 9.26. The Balaban J connectivity index is 3.85. The van der Waals surface area contributed by atoms with Crippen LogP contribution in [0.15, 0.2) is 12.7 Å². The van der Waals surface area contributed by atoms with Gasteiger partial charge < -0.3 is 14.2 Å². The Labute approximate surface area is 120 Å². The number of rotatable bonds is 11. The zero-order chi connectivity index (χ0) is 15.6. The molecule has 0 spiro atoms. The van der Waals surface area contributed by atoms with Crippen LogP contribution in [0.1, 0.15) is 26.2 Å². The van der Waals surface area contributed by atoms with Crippen LogP contribution in [0, 0.1) is 0 Å². The fourth-order valence-electron chi connectivity index (χ4n) is 1.50. The SMILES string of the molecule is C=CC(=O)OCCCCC[N+](C)(C)OP(=O)([O-])OCC. The van der Waals surface area contributed by atoms with Crippen LogP contribution in [-0.4, -0.2) is 44.5 Å². The van der Waals surface area contributed by atoms with E-state index in [1.165, 1.54) is 0 Å². The first-order chi connectivity index (χ1) is 9.22. The van der Waals surface area contributed by atoms with Gasteiger partial charge in [-0.2, -0.15) is 4.65 Å². The molecular weight excluding hydrogens is 285 g/mol. The third-order valence-corrected chi connectivity index (χ3v) is 3.58. The molecule has 0 saturated heterocycles. The second-order valence-electron chi connectivity index (χ2n) is 4.68. The number of nitrogens with zero attached hydrogens (tertiary/aromatic N) is 1. The molecule has 0 fully saturated rings. The lowest BCUT2D eigenvalue weighted by Crippen LogP contribution is -2.40. The maximum atomic E-state index is 11.4. The average molecular weight is 309 g/mol. The van der Waals surface area contributed by atoms with Gasteiger partial charge in [-0.05, 0) is 26.2 Å². The van der Waals surface area contributed by atoms with Crippen molar-refractivity contribution in [3.63, 3.8) is 0 Å². The van der Waals surface area contributed by atoms with Gasteiger partial charge in [0.25, 0.3) is 0 Å². The molecule has 7 nitrogen and oxygen atoms in total. The number of phosphoric acid groups is 1. The molecule has 118 valence electrons. The van der Waals surface area contributed by atoms with Crippen LogP contribution in [0.3, 0.4) is 0 Å². The Bertz CT molecular complexity index is 358. The van der Waals surface area contributed by atoms with E-state index in [2.05, 4.69) is 11.1 Å². The van der Waals surface area contributed by atoms with Crippen molar-refractivity contribution in [2.45, 2.75) is 26.2 Å². The number of esters is 1. The maximum Gasteiger partial charge on any atom is 0.330 e. The summed E-state index contributed by atoms with van der Waals surface area (Å²) in [4.78, 5) is 22.2. The van der Waals surface area contributed by atoms with Crippen molar-refractivity contribution < 1.29 is 32.8 Å². The Kier molecular flexibility index (Phi) is 8.93. The number of hydrogen-bond acceptors (Lipinski definition) is 6. The lowest BCUT2D eigenvalue weighted by molar-refractivity contribution is -1.05. The van der Waals surface area contributed by atoms with Crippen molar-refractivity contribution in [3.8, 4) is 0 Å². The zero-order valence-electron chi connectivity index (χ0n) is 12.4. The molecule has 0 saturated carbocycles. The van der Waals surface area contributed by atoms with E-state index < -0.39 is 13.8 Å². The van der Waals surface area contributed by atoms with Crippen LogP contribution in [0.2, 0.25) is 0 Å². The summed E-state index contributed by atoms with van der Waals surface area (Å²) in [5, 5.41) is 0. The van der Waals surface area contributed by atoms with Gasteiger partial charge in [-0.1, -0.05) is 6.58 Å². The minimum absolute atomic E-state index is 0.0510. The summed E-state index contributed by atoms with van der Waals surface area (Å²) in [5.74, 6) is -0.437. The molecule has 20 heavy (non-hydrogen) atoms. The van der Waals surface area contributed by atoms with Crippen molar-refractivity contribution >= 4 is 13.8 Å². The normalized spacial score (nSPS) is 14.6. The molecule has 0 aliphatic heterocycles. The van der Waals surface area contributed by atoms with Gasteiger partial charge in [-0.25, -0.2) is 4.79 Å². The number of unbranched alkanes of at least 4 members (excludes halogenated alkanes) is 2. The van der Waals surface area contributed by atoms with Crippen LogP contribution < -0.4 is 4.89 Å². The highest BCUT2D eigenvalue weighted by Gasteiger charge is 2.24. The molecule has 0 rings (SSSR count). The molecule has 0 aliphatic rings. The highest BCUT2D eigenvalue weighted by molar-refractivity contribution is 7.45. The van der Waals surface area contributed by atoms with E-state index in [1.54, 1.807) is 21.0 Å². The van der Waals surface area contributed by atoms with Crippen LogP contribution in [0.25, 0.3) is 0 Å². The van der Waals surface area contributed by atoms with Crippen LogP contribution in [-0.2, 0) is 23.2 Å². The molecule has 0 amide bonds. The molecule has 0 radical (unpaired) electrons. The second-order valence-corrected chi connectivity index (χ2v) is 5.99. The summed E-state index contributed by atoms with van der Waals surface area (Å²) >= 11 is 0. The van der Waals surface area contributed by atoms with E-state index in [9.17, 15) is 14.3 Å². The molecule has 1 unspecified atom stereocenters. The fourth-order valence-corrected chi connectivity index (χ4v) is 2.48. The van der Waals surface area contributed by atoms with Crippen molar-refractivity contribution in [1.82, 2.24) is 0 Å². The molecule has 0 aromatic carbocycles. The number of ether oxygens (including phenoxy) is 1. The van der Waals surface area contributed by atoms with E-state index in [-0.39, 0.29) is 11.3 Å². The first-order valence-electron chi connectivity index (χ1n) is 6.51. The molecule has 0 heterocycles. The van der Waals surface area contributed by atoms with Gasteiger partial charge in [0.15, 0.2) is 0 Å². The molecule has 0 aromatic heterocycles. The fraction of sp³-hybridized carbons (Fsp3) is 0.750. The molecule has 0 aromatic rings. The summed E-state index contributed by atoms with van der Waals surface area (Å²) in [7, 11) is -0.970. The number of carbonyl (C=O) groups excluding carboxylic acids is 1. The van der Waals surface area contributed by atoms with E-state index in [4.69, 9.17) is 9.36 Å². The molecule has 8 heteroatoms. The Morgan fingerprint density at radius 3 is 2.55 bits per heavy atom. The smallest absolute Gasteiger partial charge is 0.330 e. The van der Waals surface area contributed by atoms with Crippen molar-refractivity contribution in [2.75, 3.05) is 33.9 Å². The Morgan fingerprint density at radius 2 is 2.00 bits per heavy atom. The molecule has 0 N–H and O–H groups in total. The lowest BCUT2D eigenvalue weighted by Gasteiger charge is -2.32.